The van der Waals surface area contributed by atoms with Crippen LogP contribution in [0.15, 0.2) is 18.2 Å². The molecule has 0 saturated carbocycles. The standard InChI is InChI=1S/C14H19FN2O3/c1-8(2)6-12(13(18)19)17-14(20)16-11-7-10(15)5-4-9(11)3/h4-5,7-8,12H,6H2,1-3H3,(H,18,19)(H2,16,17,20)/t12-/m0/s1. The van der Waals surface area contributed by atoms with Gasteiger partial charge in [-0.3, -0.25) is 0 Å². The molecule has 0 aliphatic heterocycles. The summed E-state index contributed by atoms with van der Waals surface area (Å²) in [6.07, 6.45) is 0.324. The molecule has 110 valence electrons. The van der Waals surface area contributed by atoms with Crippen molar-refractivity contribution in [2.45, 2.75) is 33.2 Å². The van der Waals surface area contributed by atoms with E-state index >= 15 is 0 Å². The van der Waals surface area contributed by atoms with Crippen molar-refractivity contribution in [3.05, 3.63) is 29.6 Å². The molecule has 6 heteroatoms. The van der Waals surface area contributed by atoms with E-state index in [-0.39, 0.29) is 5.92 Å². The van der Waals surface area contributed by atoms with E-state index in [0.717, 1.165) is 0 Å². The molecular formula is C14H19FN2O3. The minimum Gasteiger partial charge on any atom is -0.480 e. The molecule has 1 aromatic rings. The molecule has 0 aromatic heterocycles. The largest absolute Gasteiger partial charge is 0.480 e. The number of carboxylic acids is 1. The minimum absolute atomic E-state index is 0.132. The molecule has 0 fully saturated rings. The first-order chi connectivity index (χ1) is 9.29. The fourth-order valence-corrected chi connectivity index (χ4v) is 1.74. The number of hydrogen-bond acceptors (Lipinski definition) is 2. The Morgan fingerprint density at radius 1 is 1.35 bits per heavy atom. The van der Waals surface area contributed by atoms with Crippen LogP contribution in [0, 0.1) is 18.7 Å². The molecule has 3 N–H and O–H groups in total. The van der Waals surface area contributed by atoms with Crippen molar-refractivity contribution in [1.82, 2.24) is 5.32 Å². The number of rotatable bonds is 5. The monoisotopic (exact) mass is 282 g/mol. The molecule has 2 amide bonds. The Morgan fingerprint density at radius 2 is 2.00 bits per heavy atom. The number of nitrogens with one attached hydrogen (secondary N) is 2. The summed E-state index contributed by atoms with van der Waals surface area (Å²) in [6, 6.07) is 2.38. The molecule has 1 aromatic carbocycles. The zero-order chi connectivity index (χ0) is 15.3. The number of carbonyl (C=O) groups excluding carboxylic acids is 1. The first-order valence-corrected chi connectivity index (χ1v) is 6.36. The van der Waals surface area contributed by atoms with Crippen LogP contribution >= 0.6 is 0 Å². The number of anilines is 1. The predicted molar refractivity (Wildman–Crippen MR) is 74.2 cm³/mol. The Bertz CT molecular complexity index is 503. The summed E-state index contributed by atoms with van der Waals surface area (Å²) < 4.78 is 13.1. The summed E-state index contributed by atoms with van der Waals surface area (Å²) in [5, 5.41) is 13.9. The van der Waals surface area contributed by atoms with Crippen LogP contribution in [0.3, 0.4) is 0 Å². The topological polar surface area (TPSA) is 78.4 Å². The summed E-state index contributed by atoms with van der Waals surface area (Å²) in [6.45, 7) is 5.45. The Balaban J connectivity index is 2.70. The summed E-state index contributed by atoms with van der Waals surface area (Å²) in [5.41, 5.74) is 1.01. The first-order valence-electron chi connectivity index (χ1n) is 6.36. The molecule has 0 radical (unpaired) electrons. The molecule has 1 atom stereocenters. The number of carbonyl (C=O) groups is 2. The minimum atomic E-state index is -1.09. The highest BCUT2D eigenvalue weighted by Gasteiger charge is 2.21. The van der Waals surface area contributed by atoms with Crippen LogP contribution in [-0.4, -0.2) is 23.1 Å². The van der Waals surface area contributed by atoms with Gasteiger partial charge in [-0.1, -0.05) is 19.9 Å². The van der Waals surface area contributed by atoms with Crippen LogP contribution in [0.4, 0.5) is 14.9 Å². The van der Waals surface area contributed by atoms with Gasteiger partial charge in [0.05, 0.1) is 0 Å². The van der Waals surface area contributed by atoms with Crippen LogP contribution in [0.1, 0.15) is 25.8 Å². The Labute approximate surface area is 117 Å². The first kappa shape index (κ1) is 15.9. The maximum Gasteiger partial charge on any atom is 0.326 e. The molecule has 0 saturated heterocycles. The molecule has 20 heavy (non-hydrogen) atoms. The maximum atomic E-state index is 13.1. The summed E-state index contributed by atoms with van der Waals surface area (Å²) in [4.78, 5) is 22.8. The number of urea groups is 1. The second kappa shape index (κ2) is 6.88. The molecule has 0 spiro atoms. The molecule has 5 nitrogen and oxygen atoms in total. The third kappa shape index (κ3) is 4.87. The van der Waals surface area contributed by atoms with E-state index in [9.17, 15) is 14.0 Å². The van der Waals surface area contributed by atoms with Crippen LogP contribution in [0.5, 0.6) is 0 Å². The highest BCUT2D eigenvalue weighted by molar-refractivity contribution is 5.92. The van der Waals surface area contributed by atoms with Crippen molar-refractivity contribution in [3.63, 3.8) is 0 Å². The van der Waals surface area contributed by atoms with E-state index in [4.69, 9.17) is 5.11 Å². The molecular weight excluding hydrogens is 263 g/mol. The average Bonchev–Trinajstić information content (AvgIpc) is 2.32. The van der Waals surface area contributed by atoms with Crippen LogP contribution < -0.4 is 10.6 Å². The molecule has 1 rings (SSSR count). The lowest BCUT2D eigenvalue weighted by molar-refractivity contribution is -0.139. The van der Waals surface area contributed by atoms with E-state index in [0.29, 0.717) is 17.7 Å². The fourth-order valence-electron chi connectivity index (χ4n) is 1.74. The van der Waals surface area contributed by atoms with Gasteiger partial charge in [0.25, 0.3) is 0 Å². The van der Waals surface area contributed by atoms with Gasteiger partial charge in [0.2, 0.25) is 0 Å². The van der Waals surface area contributed by atoms with Crippen molar-refractivity contribution in [2.75, 3.05) is 5.32 Å². The van der Waals surface area contributed by atoms with E-state index in [2.05, 4.69) is 10.6 Å². The second-order valence-corrected chi connectivity index (χ2v) is 5.08. The quantitative estimate of drug-likeness (QED) is 0.777. The van der Waals surface area contributed by atoms with E-state index in [1.807, 2.05) is 13.8 Å². The highest BCUT2D eigenvalue weighted by atomic mass is 19.1. The Hall–Kier alpha value is -2.11. The number of amides is 2. The normalized spacial score (nSPS) is 12.1. The van der Waals surface area contributed by atoms with Crippen molar-refractivity contribution in [1.29, 1.82) is 0 Å². The van der Waals surface area contributed by atoms with Crippen molar-refractivity contribution >= 4 is 17.7 Å². The number of hydrogen-bond donors (Lipinski definition) is 3. The van der Waals surface area contributed by atoms with Gasteiger partial charge in [-0.2, -0.15) is 0 Å². The SMILES string of the molecule is Cc1ccc(F)cc1NC(=O)N[C@@H](CC(C)C)C(=O)O. The lowest BCUT2D eigenvalue weighted by Gasteiger charge is -2.17. The van der Waals surface area contributed by atoms with Crippen LogP contribution in [-0.2, 0) is 4.79 Å². The molecule has 0 heterocycles. The molecule has 0 unspecified atom stereocenters. The number of aryl methyl sites for hydroxylation is 1. The van der Waals surface area contributed by atoms with Crippen molar-refractivity contribution in [2.24, 2.45) is 5.92 Å². The second-order valence-electron chi connectivity index (χ2n) is 5.08. The summed E-state index contributed by atoms with van der Waals surface area (Å²) >= 11 is 0. The summed E-state index contributed by atoms with van der Waals surface area (Å²) in [5.74, 6) is -1.43. The van der Waals surface area contributed by atoms with Gasteiger partial charge < -0.3 is 15.7 Å². The Kier molecular flexibility index (Phi) is 5.49. The van der Waals surface area contributed by atoms with Gasteiger partial charge in [0.15, 0.2) is 0 Å². The number of aliphatic carboxylic acids is 1. The fraction of sp³-hybridized carbons (Fsp3) is 0.429. The van der Waals surface area contributed by atoms with Crippen LogP contribution in [0.25, 0.3) is 0 Å². The van der Waals surface area contributed by atoms with Crippen molar-refractivity contribution < 1.29 is 19.1 Å². The van der Waals surface area contributed by atoms with Gasteiger partial charge in [0, 0.05) is 5.69 Å². The zero-order valence-corrected chi connectivity index (χ0v) is 11.7. The highest BCUT2D eigenvalue weighted by Crippen LogP contribution is 2.16. The van der Waals surface area contributed by atoms with Gasteiger partial charge in [-0.05, 0) is 37.0 Å². The lowest BCUT2D eigenvalue weighted by atomic mass is 10.0. The maximum absolute atomic E-state index is 13.1. The average molecular weight is 282 g/mol. The molecule has 0 aliphatic carbocycles. The molecule has 0 bridgehead atoms. The number of benzene rings is 1. The van der Waals surface area contributed by atoms with E-state index < -0.39 is 23.9 Å². The summed E-state index contributed by atoms with van der Waals surface area (Å²) in [7, 11) is 0. The predicted octanol–water partition coefficient (Wildman–Crippen LogP) is 2.75. The third-order valence-corrected chi connectivity index (χ3v) is 2.76. The van der Waals surface area contributed by atoms with E-state index in [1.54, 1.807) is 6.92 Å². The van der Waals surface area contributed by atoms with Gasteiger partial charge in [-0.15, -0.1) is 0 Å². The third-order valence-electron chi connectivity index (χ3n) is 2.76. The zero-order valence-electron chi connectivity index (χ0n) is 11.7. The van der Waals surface area contributed by atoms with Crippen LogP contribution in [0.2, 0.25) is 0 Å². The van der Waals surface area contributed by atoms with E-state index in [1.165, 1.54) is 18.2 Å². The smallest absolute Gasteiger partial charge is 0.326 e. The Morgan fingerprint density at radius 3 is 2.55 bits per heavy atom. The lowest BCUT2D eigenvalue weighted by Crippen LogP contribution is -2.43. The van der Waals surface area contributed by atoms with Gasteiger partial charge in [-0.25, -0.2) is 14.0 Å². The van der Waals surface area contributed by atoms with Gasteiger partial charge in [0.1, 0.15) is 11.9 Å². The number of halogens is 1. The molecule has 0 aliphatic rings. The van der Waals surface area contributed by atoms with Crippen molar-refractivity contribution in [3.8, 4) is 0 Å². The van der Waals surface area contributed by atoms with Gasteiger partial charge >= 0.3 is 12.0 Å². The number of carboxylic acid groups (broad SMARTS) is 1.